The molecule has 0 amide bonds. The van der Waals surface area contributed by atoms with Gasteiger partial charge in [-0.25, -0.2) is 0 Å². The lowest BCUT2D eigenvalue weighted by Crippen LogP contribution is -1.87. The number of rotatable bonds is 0. The monoisotopic (exact) mass is 221 g/mol. The molecule has 2 aromatic rings. The largest absolute Gasteiger partial charge is 0.275 e. The molecule has 2 heterocycles. The maximum Gasteiger partial charge on any atom is 0.212 e. The SMILES string of the molecule is C#Cc1nnc2ccc(Br)cn12. The summed E-state index contributed by atoms with van der Waals surface area (Å²) in [4.78, 5) is 0. The van der Waals surface area contributed by atoms with Gasteiger partial charge in [-0.05, 0) is 34.0 Å². The summed E-state index contributed by atoms with van der Waals surface area (Å²) in [6.45, 7) is 0. The van der Waals surface area contributed by atoms with Crippen LogP contribution >= 0.6 is 15.9 Å². The maximum absolute atomic E-state index is 5.22. The van der Waals surface area contributed by atoms with E-state index in [1.54, 1.807) is 4.40 Å². The van der Waals surface area contributed by atoms with Gasteiger partial charge in [-0.15, -0.1) is 16.6 Å². The molecule has 2 rings (SSSR count). The lowest BCUT2D eigenvalue weighted by molar-refractivity contribution is 1.07. The molecule has 0 unspecified atom stereocenters. The molecule has 0 saturated heterocycles. The highest BCUT2D eigenvalue weighted by atomic mass is 79.9. The molecule has 0 aliphatic carbocycles. The van der Waals surface area contributed by atoms with Gasteiger partial charge in [0.15, 0.2) is 5.65 Å². The molecule has 2 aromatic heterocycles. The van der Waals surface area contributed by atoms with Crippen molar-refractivity contribution in [1.29, 1.82) is 0 Å². The summed E-state index contributed by atoms with van der Waals surface area (Å²) in [6, 6.07) is 3.74. The zero-order chi connectivity index (χ0) is 8.55. The van der Waals surface area contributed by atoms with Crippen molar-refractivity contribution in [2.45, 2.75) is 0 Å². The van der Waals surface area contributed by atoms with Crippen molar-refractivity contribution in [1.82, 2.24) is 14.6 Å². The summed E-state index contributed by atoms with van der Waals surface area (Å²) in [5.41, 5.74) is 0.756. The van der Waals surface area contributed by atoms with Gasteiger partial charge in [0.05, 0.1) is 0 Å². The fraction of sp³-hybridized carbons (Fsp3) is 0. The molecular formula is C8H4BrN3. The Morgan fingerprint density at radius 3 is 3.00 bits per heavy atom. The first-order valence-electron chi connectivity index (χ1n) is 3.28. The van der Waals surface area contributed by atoms with Crippen molar-refractivity contribution < 1.29 is 0 Å². The van der Waals surface area contributed by atoms with Gasteiger partial charge in [0.25, 0.3) is 0 Å². The lowest BCUT2D eigenvalue weighted by Gasteiger charge is -1.92. The quantitative estimate of drug-likeness (QED) is 0.632. The third-order valence-corrected chi connectivity index (χ3v) is 1.96. The summed E-state index contributed by atoms with van der Waals surface area (Å²) < 4.78 is 2.70. The van der Waals surface area contributed by atoms with Crippen LogP contribution in [-0.4, -0.2) is 14.6 Å². The molecule has 12 heavy (non-hydrogen) atoms. The standard InChI is InChI=1S/C8H4BrN3/c1-2-7-10-11-8-4-3-6(9)5-12(7)8/h1,3-5H. The number of pyridine rings is 1. The van der Waals surface area contributed by atoms with Crippen molar-refractivity contribution in [3.05, 3.63) is 28.6 Å². The summed E-state index contributed by atoms with van der Waals surface area (Å²) in [7, 11) is 0. The molecule has 0 aliphatic rings. The van der Waals surface area contributed by atoms with Gasteiger partial charge in [0.1, 0.15) is 0 Å². The Bertz CT molecular complexity index is 467. The number of hydrogen-bond acceptors (Lipinski definition) is 2. The lowest BCUT2D eigenvalue weighted by atomic mass is 10.5. The van der Waals surface area contributed by atoms with E-state index in [1.807, 2.05) is 18.3 Å². The van der Waals surface area contributed by atoms with Gasteiger partial charge in [-0.3, -0.25) is 4.40 Å². The molecular weight excluding hydrogens is 218 g/mol. The van der Waals surface area contributed by atoms with Crippen LogP contribution in [0.25, 0.3) is 5.65 Å². The molecule has 0 N–H and O–H groups in total. The zero-order valence-corrected chi connectivity index (χ0v) is 7.62. The van der Waals surface area contributed by atoms with Gasteiger partial charge < -0.3 is 0 Å². The Kier molecular flexibility index (Phi) is 1.59. The number of nitrogens with zero attached hydrogens (tertiary/aromatic N) is 3. The zero-order valence-electron chi connectivity index (χ0n) is 6.03. The van der Waals surface area contributed by atoms with Gasteiger partial charge in [0, 0.05) is 10.7 Å². The molecule has 0 aliphatic heterocycles. The van der Waals surface area contributed by atoms with Crippen LogP contribution in [0.5, 0.6) is 0 Å². The number of halogens is 1. The van der Waals surface area contributed by atoms with E-state index >= 15 is 0 Å². The Hall–Kier alpha value is -1.34. The van der Waals surface area contributed by atoms with E-state index in [-0.39, 0.29) is 0 Å². The topological polar surface area (TPSA) is 30.2 Å². The third kappa shape index (κ3) is 0.990. The molecule has 0 fully saturated rings. The molecule has 0 spiro atoms. The van der Waals surface area contributed by atoms with Crippen LogP contribution in [0.15, 0.2) is 22.8 Å². The Morgan fingerprint density at radius 1 is 1.42 bits per heavy atom. The molecule has 0 bridgehead atoms. The first-order chi connectivity index (χ1) is 5.81. The highest BCUT2D eigenvalue weighted by molar-refractivity contribution is 9.10. The Labute approximate surface area is 77.6 Å². The average Bonchev–Trinajstić information content (AvgIpc) is 2.46. The van der Waals surface area contributed by atoms with Crippen molar-refractivity contribution in [3.63, 3.8) is 0 Å². The summed E-state index contributed by atoms with van der Waals surface area (Å²) in [6.07, 6.45) is 7.06. The van der Waals surface area contributed by atoms with E-state index in [0.29, 0.717) is 5.82 Å². The smallest absolute Gasteiger partial charge is 0.212 e. The minimum absolute atomic E-state index is 0.520. The number of hydrogen-bond donors (Lipinski definition) is 0. The first kappa shape index (κ1) is 7.32. The summed E-state index contributed by atoms with van der Waals surface area (Å²) in [5.74, 6) is 2.97. The van der Waals surface area contributed by atoms with E-state index in [0.717, 1.165) is 10.1 Å². The molecule has 0 aromatic carbocycles. The van der Waals surface area contributed by atoms with Crippen molar-refractivity contribution in [3.8, 4) is 12.3 Å². The predicted molar refractivity (Wildman–Crippen MR) is 48.6 cm³/mol. The minimum atomic E-state index is 0.520. The van der Waals surface area contributed by atoms with Gasteiger partial charge in [0.2, 0.25) is 5.82 Å². The summed E-state index contributed by atoms with van der Waals surface area (Å²) >= 11 is 3.34. The van der Waals surface area contributed by atoms with Crippen LogP contribution in [0.4, 0.5) is 0 Å². The second-order valence-electron chi connectivity index (χ2n) is 2.24. The molecule has 0 radical (unpaired) electrons. The van der Waals surface area contributed by atoms with Gasteiger partial charge in [-0.1, -0.05) is 0 Å². The van der Waals surface area contributed by atoms with E-state index in [9.17, 15) is 0 Å². The normalized spacial score (nSPS) is 10.0. The van der Waals surface area contributed by atoms with Gasteiger partial charge in [-0.2, -0.15) is 0 Å². The van der Waals surface area contributed by atoms with E-state index in [1.165, 1.54) is 0 Å². The molecule has 58 valence electrons. The number of aromatic nitrogens is 3. The fourth-order valence-corrected chi connectivity index (χ4v) is 1.30. The Balaban J connectivity index is 2.86. The highest BCUT2D eigenvalue weighted by Gasteiger charge is 2.00. The number of terminal acetylenes is 1. The van der Waals surface area contributed by atoms with Crippen LogP contribution in [-0.2, 0) is 0 Å². The van der Waals surface area contributed by atoms with Gasteiger partial charge >= 0.3 is 0 Å². The van der Waals surface area contributed by atoms with E-state index in [2.05, 4.69) is 32.0 Å². The third-order valence-electron chi connectivity index (χ3n) is 1.50. The predicted octanol–water partition coefficient (Wildman–Crippen LogP) is 1.47. The van der Waals surface area contributed by atoms with Crippen LogP contribution in [0, 0.1) is 12.3 Å². The molecule has 0 atom stereocenters. The highest BCUT2D eigenvalue weighted by Crippen LogP contribution is 2.11. The molecule has 4 heteroatoms. The fourth-order valence-electron chi connectivity index (χ4n) is 0.963. The second-order valence-corrected chi connectivity index (χ2v) is 3.16. The van der Waals surface area contributed by atoms with Crippen LogP contribution in [0.1, 0.15) is 5.82 Å². The van der Waals surface area contributed by atoms with Crippen LogP contribution < -0.4 is 0 Å². The van der Waals surface area contributed by atoms with Crippen LogP contribution in [0.3, 0.4) is 0 Å². The van der Waals surface area contributed by atoms with Crippen LogP contribution in [0.2, 0.25) is 0 Å². The number of fused-ring (bicyclic) bond motifs is 1. The average molecular weight is 222 g/mol. The maximum atomic E-state index is 5.22. The molecule has 0 saturated carbocycles. The van der Waals surface area contributed by atoms with E-state index in [4.69, 9.17) is 6.42 Å². The van der Waals surface area contributed by atoms with Crippen molar-refractivity contribution in [2.75, 3.05) is 0 Å². The minimum Gasteiger partial charge on any atom is -0.275 e. The Morgan fingerprint density at radius 2 is 2.25 bits per heavy atom. The first-order valence-corrected chi connectivity index (χ1v) is 4.07. The second kappa shape index (κ2) is 2.61. The van der Waals surface area contributed by atoms with Crippen molar-refractivity contribution >= 4 is 21.6 Å². The molecule has 3 nitrogen and oxygen atoms in total. The summed E-state index contributed by atoms with van der Waals surface area (Å²) in [5, 5.41) is 7.69. The van der Waals surface area contributed by atoms with Crippen molar-refractivity contribution in [2.24, 2.45) is 0 Å². The van der Waals surface area contributed by atoms with E-state index < -0.39 is 0 Å².